The largest absolute Gasteiger partial charge is 0.352 e. The molecule has 0 aromatic heterocycles. The van der Waals surface area contributed by atoms with Gasteiger partial charge in [0.15, 0.2) is 12.6 Å². The summed E-state index contributed by atoms with van der Waals surface area (Å²) in [6.07, 6.45) is 35.1. The van der Waals surface area contributed by atoms with E-state index in [0.29, 0.717) is 24.0 Å². The Labute approximate surface area is 321 Å². The van der Waals surface area contributed by atoms with E-state index < -0.39 is 0 Å². The predicted molar refractivity (Wildman–Crippen MR) is 218 cm³/mol. The zero-order valence-electron chi connectivity index (χ0n) is 34.5. The monoisotopic (exact) mass is 723 g/mol. The number of rotatable bonds is 22. The molecule has 2 heterocycles. The van der Waals surface area contributed by atoms with Crippen LogP contribution in [0.3, 0.4) is 0 Å². The molecule has 2 saturated heterocycles. The third-order valence-electron chi connectivity index (χ3n) is 14.1. The fourth-order valence-electron chi connectivity index (χ4n) is 10.2. The summed E-state index contributed by atoms with van der Waals surface area (Å²) in [7, 11) is 0. The highest BCUT2D eigenvalue weighted by molar-refractivity contribution is 5.28. The van der Waals surface area contributed by atoms with Crippen LogP contribution in [0, 0.1) is 23.7 Å². The van der Waals surface area contributed by atoms with Crippen LogP contribution >= 0.6 is 0 Å². The summed E-state index contributed by atoms with van der Waals surface area (Å²) < 4.78 is 25.2. The van der Waals surface area contributed by atoms with Crippen LogP contribution in [0.1, 0.15) is 218 Å². The summed E-state index contributed by atoms with van der Waals surface area (Å²) in [6, 6.07) is 9.94. The summed E-state index contributed by atoms with van der Waals surface area (Å²) in [5.41, 5.74) is 3.16. The highest BCUT2D eigenvalue weighted by Crippen LogP contribution is 2.41. The minimum absolute atomic E-state index is 0.0207. The maximum absolute atomic E-state index is 6.37. The third kappa shape index (κ3) is 14.3. The standard InChI is InChI=1S/C48H82O4/c1-5-7-9-11-13-15-17-45-35-49-47(51-37(45)3)33-23-39-19-25-41(26-20-39)43-29-31-44(32-30-43)42-27-21-40(22-28-42)24-34-48-50-36-46(38(4)52-48)18-16-14-12-10-8-6-2/h29-32,37-42,45-48H,5-28,33-36H2,1-4H3/t37?,38?,39-,40-,41-,42-,45-,46-,47-,48-/m1/s1. The van der Waals surface area contributed by atoms with Crippen LogP contribution in [0.2, 0.25) is 0 Å². The molecule has 4 nitrogen and oxygen atoms in total. The number of ether oxygens (including phenoxy) is 4. The second-order valence-electron chi connectivity index (χ2n) is 18.1. The second-order valence-corrected chi connectivity index (χ2v) is 18.1. The quantitative estimate of drug-likeness (QED) is 0.112. The van der Waals surface area contributed by atoms with E-state index in [1.165, 1.54) is 154 Å². The number of hydrogen-bond donors (Lipinski definition) is 0. The summed E-state index contributed by atoms with van der Waals surface area (Å²) in [5, 5.41) is 0. The van der Waals surface area contributed by atoms with Crippen LogP contribution in [-0.2, 0) is 18.9 Å². The minimum atomic E-state index is 0.0207. The van der Waals surface area contributed by atoms with Crippen LogP contribution in [0.25, 0.3) is 0 Å². The Morgan fingerprint density at radius 2 is 0.808 bits per heavy atom. The number of benzene rings is 1. The Morgan fingerprint density at radius 1 is 0.442 bits per heavy atom. The smallest absolute Gasteiger partial charge is 0.157 e. The van der Waals surface area contributed by atoms with Crippen molar-refractivity contribution in [2.24, 2.45) is 23.7 Å². The third-order valence-corrected chi connectivity index (χ3v) is 14.1. The summed E-state index contributed by atoms with van der Waals surface area (Å²) in [5.74, 6) is 4.31. The van der Waals surface area contributed by atoms with Gasteiger partial charge in [-0.05, 0) is 139 Å². The Morgan fingerprint density at radius 3 is 1.17 bits per heavy atom. The van der Waals surface area contributed by atoms with Gasteiger partial charge in [0.2, 0.25) is 0 Å². The maximum Gasteiger partial charge on any atom is 0.157 e. The van der Waals surface area contributed by atoms with Crippen molar-refractivity contribution in [3.05, 3.63) is 35.4 Å². The average Bonchev–Trinajstić information content (AvgIpc) is 3.17. The lowest BCUT2D eigenvalue weighted by Gasteiger charge is -2.36. The van der Waals surface area contributed by atoms with E-state index >= 15 is 0 Å². The minimum Gasteiger partial charge on any atom is -0.352 e. The van der Waals surface area contributed by atoms with Gasteiger partial charge in [-0.3, -0.25) is 0 Å². The molecule has 6 atom stereocenters. The number of hydrogen-bond acceptors (Lipinski definition) is 4. The molecule has 4 heteroatoms. The fraction of sp³-hybridized carbons (Fsp3) is 0.875. The first kappa shape index (κ1) is 42.2. The van der Waals surface area contributed by atoms with Crippen molar-refractivity contribution in [3.8, 4) is 0 Å². The van der Waals surface area contributed by atoms with Crippen LogP contribution in [0.4, 0.5) is 0 Å². The molecule has 0 bridgehead atoms. The van der Waals surface area contributed by atoms with Gasteiger partial charge in [-0.1, -0.05) is 115 Å². The molecular weight excluding hydrogens is 641 g/mol. The van der Waals surface area contributed by atoms with Crippen molar-refractivity contribution in [2.75, 3.05) is 13.2 Å². The molecular formula is C48H82O4. The van der Waals surface area contributed by atoms with Crippen molar-refractivity contribution in [1.29, 1.82) is 0 Å². The molecule has 4 fully saturated rings. The lowest BCUT2D eigenvalue weighted by atomic mass is 9.75. The molecule has 298 valence electrons. The normalized spacial score (nSPS) is 32.9. The highest BCUT2D eigenvalue weighted by Gasteiger charge is 2.32. The van der Waals surface area contributed by atoms with Gasteiger partial charge in [-0.2, -0.15) is 0 Å². The lowest BCUT2D eigenvalue weighted by Crippen LogP contribution is -2.38. The lowest BCUT2D eigenvalue weighted by molar-refractivity contribution is -0.236. The van der Waals surface area contributed by atoms with E-state index in [1.54, 1.807) is 11.1 Å². The molecule has 1 aromatic rings. The molecule has 0 N–H and O–H groups in total. The van der Waals surface area contributed by atoms with E-state index in [1.807, 2.05) is 0 Å². The first-order chi connectivity index (χ1) is 25.5. The fourth-order valence-corrected chi connectivity index (χ4v) is 10.2. The van der Waals surface area contributed by atoms with Crippen molar-refractivity contribution >= 4 is 0 Å². The van der Waals surface area contributed by atoms with Crippen molar-refractivity contribution in [3.63, 3.8) is 0 Å². The van der Waals surface area contributed by atoms with E-state index in [-0.39, 0.29) is 12.6 Å². The van der Waals surface area contributed by atoms with E-state index in [2.05, 4.69) is 52.0 Å². The van der Waals surface area contributed by atoms with Gasteiger partial charge in [-0.15, -0.1) is 0 Å². The molecule has 52 heavy (non-hydrogen) atoms. The van der Waals surface area contributed by atoms with Gasteiger partial charge in [0, 0.05) is 11.8 Å². The molecule has 2 aliphatic carbocycles. The Balaban J connectivity index is 0.904. The Bertz CT molecular complexity index is 958. The number of unbranched alkanes of at least 4 members (excludes halogenated alkanes) is 10. The van der Waals surface area contributed by atoms with Crippen LogP contribution in [0.15, 0.2) is 24.3 Å². The Hall–Kier alpha value is -0.940. The topological polar surface area (TPSA) is 36.9 Å². The molecule has 5 rings (SSSR count). The molecule has 0 spiro atoms. The van der Waals surface area contributed by atoms with E-state index in [9.17, 15) is 0 Å². The first-order valence-corrected chi connectivity index (χ1v) is 23.2. The highest BCUT2D eigenvalue weighted by atomic mass is 16.7. The van der Waals surface area contributed by atoms with Gasteiger partial charge in [0.1, 0.15) is 0 Å². The second kappa shape index (κ2) is 23.9. The SMILES string of the molecule is CCCCCCCC[C@@H]1CO[C@@H](CC[C@H]2CC[C@H](c3ccc([C@H]4CC[C@H](CC[C@@H]5OC[C@@H](CCCCCCCC)C(C)O5)CC4)cc3)CC2)OC1C. The first-order valence-electron chi connectivity index (χ1n) is 23.2. The van der Waals surface area contributed by atoms with Crippen molar-refractivity contribution in [1.82, 2.24) is 0 Å². The van der Waals surface area contributed by atoms with Crippen molar-refractivity contribution < 1.29 is 18.9 Å². The van der Waals surface area contributed by atoms with Crippen molar-refractivity contribution in [2.45, 2.75) is 231 Å². The van der Waals surface area contributed by atoms with E-state index in [4.69, 9.17) is 18.9 Å². The molecule has 2 aliphatic heterocycles. The Kier molecular flexibility index (Phi) is 19.4. The molecule has 0 amide bonds. The van der Waals surface area contributed by atoms with Gasteiger partial charge in [0.25, 0.3) is 0 Å². The van der Waals surface area contributed by atoms with Crippen LogP contribution < -0.4 is 0 Å². The molecule has 1 aromatic carbocycles. The van der Waals surface area contributed by atoms with E-state index in [0.717, 1.165) is 49.7 Å². The molecule has 4 aliphatic rings. The van der Waals surface area contributed by atoms with Crippen LogP contribution in [-0.4, -0.2) is 38.0 Å². The van der Waals surface area contributed by atoms with Gasteiger partial charge in [0.05, 0.1) is 25.4 Å². The maximum atomic E-state index is 6.37. The summed E-state index contributed by atoms with van der Waals surface area (Å²) in [4.78, 5) is 0. The van der Waals surface area contributed by atoms with Crippen LogP contribution in [0.5, 0.6) is 0 Å². The van der Waals surface area contributed by atoms with Gasteiger partial charge < -0.3 is 18.9 Å². The zero-order valence-corrected chi connectivity index (χ0v) is 34.5. The summed E-state index contributed by atoms with van der Waals surface area (Å²) >= 11 is 0. The zero-order chi connectivity index (χ0) is 36.4. The molecule has 2 saturated carbocycles. The molecule has 2 unspecified atom stereocenters. The average molecular weight is 723 g/mol. The van der Waals surface area contributed by atoms with Gasteiger partial charge in [-0.25, -0.2) is 0 Å². The summed E-state index contributed by atoms with van der Waals surface area (Å²) in [6.45, 7) is 11.0. The predicted octanol–water partition coefficient (Wildman–Crippen LogP) is 14.1. The molecule has 0 radical (unpaired) electrons. The van der Waals surface area contributed by atoms with Gasteiger partial charge >= 0.3 is 0 Å².